The van der Waals surface area contributed by atoms with Crippen molar-refractivity contribution in [2.75, 3.05) is 17.9 Å². The topological polar surface area (TPSA) is 86.8 Å². The monoisotopic (exact) mass is 667 g/mol. The van der Waals surface area contributed by atoms with Gasteiger partial charge in [-0.1, -0.05) is 87.7 Å². The molecule has 4 aromatic rings. The third kappa shape index (κ3) is 7.79. The average Bonchev–Trinajstić information content (AvgIpc) is 2.99. The second-order valence-corrected chi connectivity index (χ2v) is 13.0. The van der Waals surface area contributed by atoms with Gasteiger partial charge in [0.15, 0.2) is 0 Å². The zero-order chi connectivity index (χ0) is 30.3. The third-order valence-electron chi connectivity index (χ3n) is 6.79. The SMILES string of the molecule is CNC(=O)C(Cc1ccccc1)N(Cc1ccc(Cl)cc1)C(=O)CN(c1ccc(Br)cc1)S(=O)(=O)c1ccc(C)cc1. The molecule has 0 aliphatic carbocycles. The van der Waals surface area contributed by atoms with E-state index in [0.29, 0.717) is 10.7 Å². The van der Waals surface area contributed by atoms with Gasteiger partial charge in [-0.25, -0.2) is 8.42 Å². The van der Waals surface area contributed by atoms with Crippen LogP contribution in [0.1, 0.15) is 16.7 Å². The van der Waals surface area contributed by atoms with Crippen LogP contribution in [0.4, 0.5) is 5.69 Å². The number of anilines is 1. The van der Waals surface area contributed by atoms with Crippen LogP contribution in [-0.4, -0.2) is 44.8 Å². The number of benzene rings is 4. The number of hydrogen-bond acceptors (Lipinski definition) is 4. The lowest BCUT2D eigenvalue weighted by Crippen LogP contribution is -2.53. The lowest BCUT2D eigenvalue weighted by Gasteiger charge is -2.33. The van der Waals surface area contributed by atoms with E-state index in [9.17, 15) is 18.0 Å². The number of amides is 2. The molecule has 0 heterocycles. The Hall–Kier alpha value is -3.66. The summed E-state index contributed by atoms with van der Waals surface area (Å²) in [5, 5.41) is 3.21. The van der Waals surface area contributed by atoms with Crippen LogP contribution in [0, 0.1) is 6.92 Å². The quantitative estimate of drug-likeness (QED) is 0.213. The number of sulfonamides is 1. The molecule has 0 fully saturated rings. The van der Waals surface area contributed by atoms with Crippen LogP contribution in [0.25, 0.3) is 0 Å². The first-order valence-corrected chi connectivity index (χ1v) is 15.8. The summed E-state index contributed by atoms with van der Waals surface area (Å²) in [4.78, 5) is 29.0. The van der Waals surface area contributed by atoms with E-state index in [-0.39, 0.29) is 23.8 Å². The van der Waals surface area contributed by atoms with Gasteiger partial charge in [-0.2, -0.15) is 0 Å². The predicted molar refractivity (Wildman–Crippen MR) is 170 cm³/mol. The smallest absolute Gasteiger partial charge is 0.264 e. The van der Waals surface area contributed by atoms with Crippen molar-refractivity contribution in [2.24, 2.45) is 0 Å². The van der Waals surface area contributed by atoms with E-state index in [0.717, 1.165) is 25.5 Å². The maximum absolute atomic E-state index is 14.3. The maximum atomic E-state index is 14.3. The molecule has 0 aliphatic rings. The van der Waals surface area contributed by atoms with E-state index in [1.54, 1.807) is 60.7 Å². The van der Waals surface area contributed by atoms with Crippen molar-refractivity contribution in [3.05, 3.63) is 129 Å². The summed E-state index contributed by atoms with van der Waals surface area (Å²) in [6.45, 7) is 1.42. The van der Waals surface area contributed by atoms with Gasteiger partial charge in [0.1, 0.15) is 12.6 Å². The Labute approximate surface area is 260 Å². The van der Waals surface area contributed by atoms with Gasteiger partial charge in [0.25, 0.3) is 10.0 Å². The molecule has 0 saturated carbocycles. The number of rotatable bonds is 11. The fourth-order valence-corrected chi connectivity index (χ4v) is 6.29. The second kappa shape index (κ2) is 14.0. The number of aryl methyl sites for hydroxylation is 1. The first kappa shape index (κ1) is 31.3. The van der Waals surface area contributed by atoms with Crippen molar-refractivity contribution in [3.8, 4) is 0 Å². The molecule has 0 aromatic heterocycles. The van der Waals surface area contributed by atoms with Gasteiger partial charge in [0, 0.05) is 29.5 Å². The first-order valence-electron chi connectivity index (χ1n) is 13.2. The van der Waals surface area contributed by atoms with Crippen molar-refractivity contribution in [1.29, 1.82) is 0 Å². The van der Waals surface area contributed by atoms with Crippen LogP contribution in [0.2, 0.25) is 5.02 Å². The highest BCUT2D eigenvalue weighted by atomic mass is 79.9. The summed E-state index contributed by atoms with van der Waals surface area (Å²) in [5.74, 6) is -0.897. The van der Waals surface area contributed by atoms with Gasteiger partial charge in [-0.3, -0.25) is 13.9 Å². The van der Waals surface area contributed by atoms with Crippen LogP contribution in [0.15, 0.2) is 112 Å². The molecule has 0 radical (unpaired) electrons. The molecule has 218 valence electrons. The number of nitrogens with one attached hydrogen (secondary N) is 1. The van der Waals surface area contributed by atoms with Crippen LogP contribution in [0.3, 0.4) is 0 Å². The van der Waals surface area contributed by atoms with Crippen molar-refractivity contribution >= 4 is 55.1 Å². The lowest BCUT2D eigenvalue weighted by atomic mass is 10.0. The summed E-state index contributed by atoms with van der Waals surface area (Å²) >= 11 is 9.49. The summed E-state index contributed by atoms with van der Waals surface area (Å²) in [6, 6.07) is 28.6. The van der Waals surface area contributed by atoms with E-state index < -0.39 is 28.5 Å². The zero-order valence-corrected chi connectivity index (χ0v) is 26.4. The van der Waals surface area contributed by atoms with Gasteiger partial charge in [0.05, 0.1) is 10.6 Å². The molecule has 0 spiro atoms. The fourth-order valence-electron chi connectivity index (χ4n) is 4.48. The number of nitrogens with zero attached hydrogens (tertiary/aromatic N) is 2. The van der Waals surface area contributed by atoms with E-state index in [1.807, 2.05) is 37.3 Å². The lowest BCUT2D eigenvalue weighted by molar-refractivity contribution is -0.139. The minimum Gasteiger partial charge on any atom is -0.357 e. The number of hydrogen-bond donors (Lipinski definition) is 1. The molecule has 7 nitrogen and oxygen atoms in total. The summed E-state index contributed by atoms with van der Waals surface area (Å²) in [5.41, 5.74) is 2.82. The van der Waals surface area contributed by atoms with Gasteiger partial charge in [-0.05, 0) is 66.6 Å². The Bertz CT molecular complexity index is 1620. The molecule has 4 aromatic carbocycles. The highest BCUT2D eigenvalue weighted by Gasteiger charge is 2.34. The summed E-state index contributed by atoms with van der Waals surface area (Å²) < 4.78 is 29.8. The Morgan fingerprint density at radius 3 is 2.07 bits per heavy atom. The first-order chi connectivity index (χ1) is 20.1. The van der Waals surface area contributed by atoms with E-state index in [1.165, 1.54) is 24.1 Å². The molecule has 0 aliphatic heterocycles. The number of carbonyl (C=O) groups excluding carboxylic acids is 2. The Balaban J connectivity index is 1.77. The van der Waals surface area contributed by atoms with Crippen molar-refractivity contribution in [3.63, 3.8) is 0 Å². The fraction of sp³-hybridized carbons (Fsp3) is 0.188. The highest BCUT2D eigenvalue weighted by Crippen LogP contribution is 2.27. The Kier molecular flexibility index (Phi) is 10.4. The van der Waals surface area contributed by atoms with E-state index in [2.05, 4.69) is 21.2 Å². The normalized spacial score (nSPS) is 11.9. The maximum Gasteiger partial charge on any atom is 0.264 e. The van der Waals surface area contributed by atoms with Crippen molar-refractivity contribution < 1.29 is 18.0 Å². The van der Waals surface area contributed by atoms with E-state index in [4.69, 9.17) is 11.6 Å². The molecular weight excluding hydrogens is 638 g/mol. The molecular formula is C32H31BrClN3O4S. The highest BCUT2D eigenvalue weighted by molar-refractivity contribution is 9.10. The minimum absolute atomic E-state index is 0.0557. The van der Waals surface area contributed by atoms with Crippen LogP contribution < -0.4 is 9.62 Å². The van der Waals surface area contributed by atoms with Crippen LogP contribution in [0.5, 0.6) is 0 Å². The zero-order valence-electron chi connectivity index (χ0n) is 23.2. The summed E-state index contributed by atoms with van der Waals surface area (Å²) in [7, 11) is -2.63. The largest absolute Gasteiger partial charge is 0.357 e. The Morgan fingerprint density at radius 2 is 1.48 bits per heavy atom. The van der Waals surface area contributed by atoms with E-state index >= 15 is 0 Å². The third-order valence-corrected chi connectivity index (χ3v) is 9.35. The van der Waals surface area contributed by atoms with Crippen LogP contribution >= 0.6 is 27.5 Å². The molecule has 1 atom stereocenters. The minimum atomic E-state index is -4.15. The molecule has 1 unspecified atom stereocenters. The molecule has 0 bridgehead atoms. The molecule has 4 rings (SSSR count). The van der Waals surface area contributed by atoms with Gasteiger partial charge >= 0.3 is 0 Å². The molecule has 0 saturated heterocycles. The number of halogens is 2. The summed E-state index contributed by atoms with van der Waals surface area (Å²) in [6.07, 6.45) is 0.239. The average molecular weight is 669 g/mol. The van der Waals surface area contributed by atoms with Gasteiger partial charge in [0.2, 0.25) is 11.8 Å². The van der Waals surface area contributed by atoms with Crippen LogP contribution in [-0.2, 0) is 32.6 Å². The Morgan fingerprint density at radius 1 is 0.857 bits per heavy atom. The van der Waals surface area contributed by atoms with Gasteiger partial charge in [-0.15, -0.1) is 0 Å². The predicted octanol–water partition coefficient (Wildman–Crippen LogP) is 5.99. The standard InChI is InChI=1S/C32H31BrClN3O4S/c1-23-8-18-29(19-9-23)42(40,41)37(28-16-12-26(33)13-17-28)22-31(38)36(21-25-10-14-27(34)15-11-25)30(32(39)35-2)20-24-6-4-3-5-7-24/h3-19,30H,20-22H2,1-2H3,(H,35,39). The molecule has 2 amide bonds. The second-order valence-electron chi connectivity index (χ2n) is 9.77. The number of carbonyl (C=O) groups is 2. The molecule has 1 N–H and O–H groups in total. The number of likely N-dealkylation sites (N-methyl/N-ethyl adjacent to an activating group) is 1. The van der Waals surface area contributed by atoms with Crippen molar-refractivity contribution in [1.82, 2.24) is 10.2 Å². The van der Waals surface area contributed by atoms with Crippen molar-refractivity contribution in [2.45, 2.75) is 30.8 Å². The van der Waals surface area contributed by atoms with Gasteiger partial charge < -0.3 is 10.2 Å². The molecule has 10 heteroatoms. The molecule has 42 heavy (non-hydrogen) atoms.